The van der Waals surface area contributed by atoms with Crippen molar-refractivity contribution in [2.24, 2.45) is 11.8 Å². The quantitative estimate of drug-likeness (QED) is 0.752. The van der Waals surface area contributed by atoms with E-state index in [0.29, 0.717) is 17.3 Å². The predicted octanol–water partition coefficient (Wildman–Crippen LogP) is 1.56. The number of aryl methyl sites for hydroxylation is 2. The van der Waals surface area contributed by atoms with Gasteiger partial charge in [-0.3, -0.25) is 23.3 Å². The lowest BCUT2D eigenvalue weighted by atomic mass is 9.74. The molecule has 0 spiro atoms. The van der Waals surface area contributed by atoms with Crippen LogP contribution in [0.2, 0.25) is 0 Å². The Bertz CT molecular complexity index is 730. The molecule has 6 nitrogen and oxygen atoms in total. The van der Waals surface area contributed by atoms with Gasteiger partial charge < -0.3 is 0 Å². The lowest BCUT2D eigenvalue weighted by molar-refractivity contribution is -0.143. The topological polar surface area (TPSA) is 86.1 Å². The Morgan fingerprint density at radius 2 is 1.83 bits per heavy atom. The molecular formula is C17H22N2O4S. The minimum atomic E-state index is -1.26. The molecule has 3 rings (SSSR count). The van der Waals surface area contributed by atoms with E-state index in [-0.39, 0.29) is 42.0 Å². The molecule has 0 radical (unpaired) electrons. The van der Waals surface area contributed by atoms with Crippen LogP contribution in [0.15, 0.2) is 5.03 Å². The molecular weight excluding hydrogens is 328 g/mol. The van der Waals surface area contributed by atoms with Crippen LogP contribution in [-0.2, 0) is 31.7 Å². The summed E-state index contributed by atoms with van der Waals surface area (Å²) in [5.74, 6) is -2.25. The molecule has 0 bridgehead atoms. The van der Waals surface area contributed by atoms with Crippen LogP contribution in [0.25, 0.3) is 0 Å². The minimum Gasteiger partial charge on any atom is -0.298 e. The summed E-state index contributed by atoms with van der Waals surface area (Å²) in [6, 6.07) is 0. The van der Waals surface area contributed by atoms with Gasteiger partial charge in [0, 0.05) is 43.0 Å². The largest absolute Gasteiger partial charge is 0.298 e. The summed E-state index contributed by atoms with van der Waals surface area (Å²) in [5, 5.41) is 4.99. The van der Waals surface area contributed by atoms with Gasteiger partial charge in [0.25, 0.3) is 0 Å². The van der Waals surface area contributed by atoms with Gasteiger partial charge in [0.15, 0.2) is 17.3 Å². The zero-order valence-electron chi connectivity index (χ0n) is 14.2. The minimum absolute atomic E-state index is 0.0947. The second-order valence-corrected chi connectivity index (χ2v) is 8.02. The van der Waals surface area contributed by atoms with Crippen molar-refractivity contribution in [2.45, 2.75) is 57.0 Å². The maximum Gasteiger partial charge on any atom is 0.153 e. The van der Waals surface area contributed by atoms with Crippen LogP contribution in [0.3, 0.4) is 0 Å². The van der Waals surface area contributed by atoms with Crippen molar-refractivity contribution in [3.63, 3.8) is 0 Å². The van der Waals surface area contributed by atoms with Crippen molar-refractivity contribution in [3.8, 4) is 0 Å². The summed E-state index contributed by atoms with van der Waals surface area (Å²) >= 11 is 0. The fourth-order valence-corrected chi connectivity index (χ4v) is 4.75. The molecule has 0 saturated heterocycles. The number of rotatable bonds is 5. The van der Waals surface area contributed by atoms with Crippen molar-refractivity contribution < 1.29 is 18.6 Å². The molecule has 130 valence electrons. The van der Waals surface area contributed by atoms with Crippen LogP contribution in [-0.4, -0.2) is 37.6 Å². The van der Waals surface area contributed by atoms with E-state index in [1.807, 2.05) is 13.8 Å². The third kappa shape index (κ3) is 2.90. The molecule has 2 aliphatic rings. The average Bonchev–Trinajstić information content (AvgIpc) is 3.29. The van der Waals surface area contributed by atoms with Crippen molar-refractivity contribution in [1.29, 1.82) is 0 Å². The Morgan fingerprint density at radius 1 is 1.25 bits per heavy atom. The molecule has 0 aromatic carbocycles. The highest BCUT2D eigenvalue weighted by Gasteiger charge is 2.46. The first-order valence-corrected chi connectivity index (χ1v) is 9.90. The van der Waals surface area contributed by atoms with Gasteiger partial charge in [-0.25, -0.2) is 0 Å². The molecule has 1 unspecified atom stereocenters. The van der Waals surface area contributed by atoms with Crippen molar-refractivity contribution >= 4 is 28.1 Å². The molecule has 2 aliphatic carbocycles. The third-order valence-electron chi connectivity index (χ3n) is 4.91. The molecule has 1 aromatic rings. The first kappa shape index (κ1) is 17.2. The summed E-state index contributed by atoms with van der Waals surface area (Å²) in [4.78, 5) is 37.2. The maximum atomic E-state index is 12.5. The Labute approximate surface area is 143 Å². The molecule has 1 atom stereocenters. The van der Waals surface area contributed by atoms with E-state index in [2.05, 4.69) is 5.10 Å². The summed E-state index contributed by atoms with van der Waals surface area (Å²) < 4.78 is 13.8. The summed E-state index contributed by atoms with van der Waals surface area (Å²) in [6.45, 7) is 4.30. The van der Waals surface area contributed by atoms with Gasteiger partial charge in [-0.2, -0.15) is 5.10 Å². The van der Waals surface area contributed by atoms with Gasteiger partial charge in [0.05, 0.1) is 16.5 Å². The molecule has 24 heavy (non-hydrogen) atoms. The van der Waals surface area contributed by atoms with Gasteiger partial charge in [0.1, 0.15) is 10.9 Å². The maximum absolute atomic E-state index is 12.5. The van der Waals surface area contributed by atoms with E-state index < -0.39 is 16.7 Å². The van der Waals surface area contributed by atoms with Crippen LogP contribution in [0.4, 0.5) is 0 Å². The highest BCUT2D eigenvalue weighted by Crippen LogP contribution is 2.40. The molecule has 0 amide bonds. The number of carbonyl (C=O) groups is 3. The van der Waals surface area contributed by atoms with E-state index in [0.717, 1.165) is 18.4 Å². The van der Waals surface area contributed by atoms with Gasteiger partial charge in [-0.1, -0.05) is 0 Å². The number of nitrogens with zero attached hydrogens (tertiary/aromatic N) is 2. The molecule has 7 heteroatoms. The van der Waals surface area contributed by atoms with Gasteiger partial charge >= 0.3 is 0 Å². The van der Waals surface area contributed by atoms with E-state index in [1.165, 1.54) is 0 Å². The highest BCUT2D eigenvalue weighted by atomic mass is 32.2. The van der Waals surface area contributed by atoms with Gasteiger partial charge in [-0.15, -0.1) is 0 Å². The number of hydrogen-bond acceptors (Lipinski definition) is 5. The first-order valence-electron chi connectivity index (χ1n) is 8.35. The van der Waals surface area contributed by atoms with Crippen LogP contribution < -0.4 is 0 Å². The Balaban J connectivity index is 1.91. The highest BCUT2D eigenvalue weighted by molar-refractivity contribution is 7.84. The fourth-order valence-electron chi connectivity index (χ4n) is 3.66. The smallest absolute Gasteiger partial charge is 0.153 e. The van der Waals surface area contributed by atoms with Crippen molar-refractivity contribution in [1.82, 2.24) is 9.78 Å². The van der Waals surface area contributed by atoms with Crippen LogP contribution in [0.5, 0.6) is 0 Å². The number of carbonyl (C=O) groups excluding carboxylic acids is 3. The summed E-state index contributed by atoms with van der Waals surface area (Å²) in [7, 11) is -1.26. The van der Waals surface area contributed by atoms with Gasteiger partial charge in [0.2, 0.25) is 0 Å². The Kier molecular flexibility index (Phi) is 4.55. The Hall–Kier alpha value is -1.63. The molecule has 1 aromatic heterocycles. The normalized spacial score (nSPS) is 25.8. The third-order valence-corrected chi connectivity index (χ3v) is 5.88. The van der Waals surface area contributed by atoms with E-state index in [9.17, 15) is 18.6 Å². The predicted molar refractivity (Wildman–Crippen MR) is 88.2 cm³/mol. The SMILES string of the molecule is CCn1nc(C)c(C2CC(=O)C(C(=O)C3CC3)C(=O)C2)c1S(C)=O. The summed E-state index contributed by atoms with van der Waals surface area (Å²) in [5.41, 5.74) is 1.45. The standard InChI is InChI=1S/C17H22N2O4S/c1-4-19-17(24(3)23)14(9(2)18-19)11-7-12(20)15(13(21)8-11)16(22)10-5-6-10/h10-11,15H,4-8H2,1-3H3. The van der Waals surface area contributed by atoms with Gasteiger partial charge in [-0.05, 0) is 26.7 Å². The van der Waals surface area contributed by atoms with Crippen LogP contribution in [0, 0.1) is 18.8 Å². The lowest BCUT2D eigenvalue weighted by Gasteiger charge is -2.26. The van der Waals surface area contributed by atoms with E-state index in [4.69, 9.17) is 0 Å². The molecule has 0 aliphatic heterocycles. The van der Waals surface area contributed by atoms with Crippen molar-refractivity contribution in [2.75, 3.05) is 6.26 Å². The molecule has 2 fully saturated rings. The zero-order chi connectivity index (χ0) is 17.6. The molecule has 0 N–H and O–H groups in total. The van der Waals surface area contributed by atoms with E-state index >= 15 is 0 Å². The average molecular weight is 350 g/mol. The second kappa shape index (κ2) is 6.35. The first-order chi connectivity index (χ1) is 11.3. The molecule has 1 heterocycles. The molecule has 2 saturated carbocycles. The Morgan fingerprint density at radius 3 is 2.29 bits per heavy atom. The zero-order valence-corrected chi connectivity index (χ0v) is 15.0. The van der Waals surface area contributed by atoms with Crippen LogP contribution in [0.1, 0.15) is 49.8 Å². The monoisotopic (exact) mass is 350 g/mol. The number of ketones is 3. The number of aromatic nitrogens is 2. The second-order valence-electron chi connectivity index (χ2n) is 6.72. The van der Waals surface area contributed by atoms with Crippen LogP contribution >= 0.6 is 0 Å². The lowest BCUT2D eigenvalue weighted by Crippen LogP contribution is -2.39. The number of Topliss-reactive ketones (excluding diaryl/α,β-unsaturated/α-hetero) is 3. The fraction of sp³-hybridized carbons (Fsp3) is 0.647. The summed E-state index contributed by atoms with van der Waals surface area (Å²) in [6.07, 6.45) is 3.46. The number of hydrogen-bond donors (Lipinski definition) is 0. The van der Waals surface area contributed by atoms with E-state index in [1.54, 1.807) is 10.9 Å². The van der Waals surface area contributed by atoms with Crippen molar-refractivity contribution in [3.05, 3.63) is 11.3 Å².